The zero-order valence-corrected chi connectivity index (χ0v) is 14.4. The Bertz CT molecular complexity index is 1140. The van der Waals surface area contributed by atoms with E-state index in [2.05, 4.69) is 4.90 Å². The highest BCUT2D eigenvalue weighted by Gasteiger charge is 2.32. The minimum absolute atomic E-state index is 0.418. The van der Waals surface area contributed by atoms with Gasteiger partial charge in [-0.1, -0.05) is 54.6 Å². The van der Waals surface area contributed by atoms with E-state index in [1.165, 1.54) is 0 Å². The van der Waals surface area contributed by atoms with E-state index < -0.39 is 11.6 Å². The summed E-state index contributed by atoms with van der Waals surface area (Å²) in [5, 5.41) is 1.65. The summed E-state index contributed by atoms with van der Waals surface area (Å²) >= 11 is 0. The molecule has 0 aliphatic heterocycles. The van der Waals surface area contributed by atoms with Gasteiger partial charge in [-0.15, -0.1) is 0 Å². The molecule has 27 heavy (non-hydrogen) atoms. The molecule has 0 fully saturated rings. The highest BCUT2D eigenvalue weighted by atomic mass is 16.2. The fraction of sp³-hybridized carbons (Fsp3) is 0. The van der Waals surface area contributed by atoms with Gasteiger partial charge in [0.15, 0.2) is 0 Å². The summed E-state index contributed by atoms with van der Waals surface area (Å²) in [7, 11) is 0. The number of anilines is 3. The van der Waals surface area contributed by atoms with Crippen molar-refractivity contribution >= 4 is 39.4 Å². The highest BCUT2D eigenvalue weighted by molar-refractivity contribution is 6.57. The van der Waals surface area contributed by atoms with Gasteiger partial charge in [0.05, 0.1) is 5.69 Å². The third-order valence-corrected chi connectivity index (χ3v) is 4.98. The van der Waals surface area contributed by atoms with Gasteiger partial charge >= 0.3 is 0 Å². The predicted octanol–water partition coefficient (Wildman–Crippen LogP) is 5.69. The zero-order valence-electron chi connectivity index (χ0n) is 14.4. The molecule has 128 valence electrons. The van der Waals surface area contributed by atoms with Crippen LogP contribution in [0.25, 0.3) is 10.8 Å². The van der Waals surface area contributed by atoms with Crippen LogP contribution in [0.5, 0.6) is 0 Å². The van der Waals surface area contributed by atoms with Crippen LogP contribution in [0, 0.1) is 0 Å². The van der Waals surface area contributed by atoms with Gasteiger partial charge in [0.25, 0.3) is 0 Å². The van der Waals surface area contributed by atoms with E-state index in [9.17, 15) is 9.59 Å². The molecule has 0 unspecified atom stereocenters. The molecular weight excluding hydrogens is 334 g/mol. The van der Waals surface area contributed by atoms with Crippen molar-refractivity contribution in [2.24, 2.45) is 0 Å². The van der Waals surface area contributed by atoms with Crippen LogP contribution in [0.15, 0.2) is 91.0 Å². The highest BCUT2D eigenvalue weighted by Crippen LogP contribution is 2.42. The number of ketones is 2. The number of para-hydroxylation sites is 2. The second-order valence-corrected chi connectivity index (χ2v) is 6.53. The van der Waals surface area contributed by atoms with E-state index in [4.69, 9.17) is 0 Å². The van der Waals surface area contributed by atoms with Crippen LogP contribution >= 0.6 is 0 Å². The van der Waals surface area contributed by atoms with E-state index in [1.54, 1.807) is 12.1 Å². The molecule has 0 saturated carbocycles. The Balaban J connectivity index is 1.83. The molecule has 4 aromatic carbocycles. The van der Waals surface area contributed by atoms with Crippen molar-refractivity contribution in [1.82, 2.24) is 0 Å². The lowest BCUT2D eigenvalue weighted by Crippen LogP contribution is -2.10. The molecule has 4 aromatic rings. The summed E-state index contributed by atoms with van der Waals surface area (Å²) in [4.78, 5) is 26.8. The van der Waals surface area contributed by atoms with Gasteiger partial charge in [0.2, 0.25) is 11.6 Å². The van der Waals surface area contributed by atoms with Crippen molar-refractivity contribution in [3.8, 4) is 0 Å². The first-order valence-electron chi connectivity index (χ1n) is 8.81. The molecule has 1 aliphatic carbocycles. The maximum Gasteiger partial charge on any atom is 0.234 e. The summed E-state index contributed by atoms with van der Waals surface area (Å²) < 4.78 is 0. The molecular formula is C24H15NO2. The number of carbonyl (C=O) groups excluding carboxylic acids is 2. The van der Waals surface area contributed by atoms with Crippen molar-refractivity contribution in [2.75, 3.05) is 4.90 Å². The van der Waals surface area contributed by atoms with Gasteiger partial charge < -0.3 is 4.90 Å². The third kappa shape index (κ3) is 2.29. The number of nitrogens with zero attached hydrogens (tertiary/aromatic N) is 1. The van der Waals surface area contributed by atoms with Crippen LogP contribution < -0.4 is 4.90 Å². The molecule has 3 nitrogen and oxygen atoms in total. The lowest BCUT2D eigenvalue weighted by Gasteiger charge is -2.27. The second-order valence-electron chi connectivity index (χ2n) is 6.53. The van der Waals surface area contributed by atoms with Crippen LogP contribution in [-0.2, 0) is 0 Å². The predicted molar refractivity (Wildman–Crippen MR) is 107 cm³/mol. The summed E-state index contributed by atoms with van der Waals surface area (Å²) in [5.41, 5.74) is 3.96. The Kier molecular flexibility index (Phi) is 3.41. The first-order valence-corrected chi connectivity index (χ1v) is 8.81. The Hall–Kier alpha value is -3.72. The average Bonchev–Trinajstić information content (AvgIpc) is 2.98. The van der Waals surface area contributed by atoms with Gasteiger partial charge in [-0.25, -0.2) is 0 Å². The van der Waals surface area contributed by atoms with Gasteiger partial charge in [0.1, 0.15) is 0 Å². The first kappa shape index (κ1) is 15.5. The number of hydrogen-bond donors (Lipinski definition) is 0. The van der Waals surface area contributed by atoms with Crippen LogP contribution in [0.1, 0.15) is 20.7 Å². The fourth-order valence-electron chi connectivity index (χ4n) is 3.79. The maximum atomic E-state index is 12.3. The number of benzene rings is 4. The van der Waals surface area contributed by atoms with Crippen LogP contribution in [0.4, 0.5) is 17.1 Å². The molecule has 0 aromatic heterocycles. The molecule has 5 rings (SSSR count). The maximum absolute atomic E-state index is 12.3. The SMILES string of the molecule is O=C1C(=O)c2ccc(N(c3ccccc3)c3ccccc3)c3cccc1c23. The molecule has 0 amide bonds. The van der Waals surface area contributed by atoms with Crippen LogP contribution in [0.2, 0.25) is 0 Å². The van der Waals surface area contributed by atoms with E-state index in [0.29, 0.717) is 11.1 Å². The Morgan fingerprint density at radius 3 is 1.67 bits per heavy atom. The van der Waals surface area contributed by atoms with Gasteiger partial charge in [-0.2, -0.15) is 0 Å². The first-order chi connectivity index (χ1) is 13.3. The molecule has 0 N–H and O–H groups in total. The van der Waals surface area contributed by atoms with Crippen molar-refractivity contribution < 1.29 is 9.59 Å². The van der Waals surface area contributed by atoms with Crippen molar-refractivity contribution in [2.45, 2.75) is 0 Å². The van der Waals surface area contributed by atoms with Crippen LogP contribution in [0.3, 0.4) is 0 Å². The Labute approximate surface area is 156 Å². The Morgan fingerprint density at radius 1 is 0.519 bits per heavy atom. The van der Waals surface area contributed by atoms with E-state index >= 15 is 0 Å². The van der Waals surface area contributed by atoms with Crippen LogP contribution in [-0.4, -0.2) is 11.6 Å². The molecule has 0 heterocycles. The summed E-state index contributed by atoms with van der Waals surface area (Å²) in [6.45, 7) is 0. The zero-order chi connectivity index (χ0) is 18.4. The lowest BCUT2D eigenvalue weighted by molar-refractivity contribution is 0.0825. The van der Waals surface area contributed by atoms with E-state index in [-0.39, 0.29) is 0 Å². The molecule has 0 radical (unpaired) electrons. The number of carbonyl (C=O) groups is 2. The molecule has 0 saturated heterocycles. The smallest absolute Gasteiger partial charge is 0.234 e. The van der Waals surface area contributed by atoms with Crippen molar-refractivity contribution in [1.29, 1.82) is 0 Å². The number of Topliss-reactive ketones (excluding diaryl/α,β-unsaturated/α-hetero) is 2. The number of rotatable bonds is 3. The minimum atomic E-state index is -0.418. The standard InChI is InChI=1S/C24H15NO2/c26-23-19-13-7-12-18-21(15-14-20(22(18)19)24(23)27)25(16-8-3-1-4-9-16)17-10-5-2-6-11-17/h1-15H. The minimum Gasteiger partial charge on any atom is -0.310 e. The summed E-state index contributed by atoms with van der Waals surface area (Å²) in [5.74, 6) is -0.836. The third-order valence-electron chi connectivity index (χ3n) is 4.98. The summed E-state index contributed by atoms with van der Waals surface area (Å²) in [6, 6.07) is 29.4. The Morgan fingerprint density at radius 2 is 1.07 bits per heavy atom. The van der Waals surface area contributed by atoms with Crippen molar-refractivity contribution in [3.63, 3.8) is 0 Å². The quantitative estimate of drug-likeness (QED) is 0.446. The number of hydrogen-bond acceptors (Lipinski definition) is 3. The van der Waals surface area contributed by atoms with Gasteiger partial charge in [-0.05, 0) is 36.4 Å². The topological polar surface area (TPSA) is 37.4 Å². The van der Waals surface area contributed by atoms with Gasteiger partial charge in [-0.3, -0.25) is 9.59 Å². The molecule has 3 heteroatoms. The van der Waals surface area contributed by atoms with E-state index in [0.717, 1.165) is 27.8 Å². The average molecular weight is 349 g/mol. The lowest BCUT2D eigenvalue weighted by atomic mass is 10.0. The molecule has 0 spiro atoms. The molecule has 0 atom stereocenters. The fourth-order valence-corrected chi connectivity index (χ4v) is 3.79. The second kappa shape index (κ2) is 5.92. The molecule has 0 bridgehead atoms. The van der Waals surface area contributed by atoms with Gasteiger partial charge in [0, 0.05) is 33.3 Å². The van der Waals surface area contributed by atoms with Crippen molar-refractivity contribution in [3.05, 3.63) is 102 Å². The normalized spacial score (nSPS) is 12.6. The monoisotopic (exact) mass is 349 g/mol. The largest absolute Gasteiger partial charge is 0.310 e. The summed E-state index contributed by atoms with van der Waals surface area (Å²) in [6.07, 6.45) is 0. The van der Waals surface area contributed by atoms with E-state index in [1.807, 2.05) is 78.9 Å². The molecule has 1 aliphatic rings.